The van der Waals surface area contributed by atoms with Crippen molar-refractivity contribution in [2.24, 2.45) is 0 Å². The molecule has 0 radical (unpaired) electrons. The number of rotatable bonds is 6. The summed E-state index contributed by atoms with van der Waals surface area (Å²) in [6.07, 6.45) is 5.43. The van der Waals surface area contributed by atoms with Crippen molar-refractivity contribution in [2.45, 2.75) is 27.3 Å². The van der Waals surface area contributed by atoms with Crippen LogP contribution in [0.15, 0.2) is 55.1 Å². The second kappa shape index (κ2) is 8.43. The quantitative estimate of drug-likeness (QED) is 0.518. The first-order chi connectivity index (χ1) is 14.9. The van der Waals surface area contributed by atoms with Crippen molar-refractivity contribution >= 4 is 11.6 Å². The molecule has 1 N–H and O–H groups in total. The van der Waals surface area contributed by atoms with E-state index >= 15 is 0 Å². The van der Waals surface area contributed by atoms with E-state index in [1.54, 1.807) is 19.6 Å². The zero-order valence-corrected chi connectivity index (χ0v) is 18.0. The molecule has 0 saturated heterocycles. The molecule has 0 unspecified atom stereocenters. The Kier molecular flexibility index (Phi) is 5.53. The number of ether oxygens (including phenoxy) is 1. The van der Waals surface area contributed by atoms with Crippen LogP contribution in [0.2, 0.25) is 0 Å². The van der Waals surface area contributed by atoms with Crippen LogP contribution in [-0.4, -0.2) is 37.6 Å². The Morgan fingerprint density at radius 1 is 1.13 bits per heavy atom. The molecule has 0 saturated carbocycles. The summed E-state index contributed by atoms with van der Waals surface area (Å²) in [5, 5.41) is 11.3. The molecule has 4 rings (SSSR count). The average Bonchev–Trinajstić information content (AvgIpc) is 3.40. The topological polar surface area (TPSA) is 86.9 Å². The molecule has 0 atom stereocenters. The number of methoxy groups -OCH3 is 1. The van der Waals surface area contributed by atoms with E-state index in [-0.39, 0.29) is 12.5 Å². The van der Waals surface area contributed by atoms with E-state index in [1.807, 2.05) is 67.9 Å². The maximum absolute atomic E-state index is 12.5. The van der Waals surface area contributed by atoms with Gasteiger partial charge in [0.2, 0.25) is 5.91 Å². The molecule has 4 aromatic rings. The summed E-state index contributed by atoms with van der Waals surface area (Å²) in [6.45, 7) is 6.01. The summed E-state index contributed by atoms with van der Waals surface area (Å²) in [6, 6.07) is 11.6. The lowest BCUT2D eigenvalue weighted by Crippen LogP contribution is -2.19. The standard InChI is InChI=1S/C23H24N6O2/c1-15-6-5-7-19(17(15)3)25-23(30)13-29-12-20(26-27-29)18-8-9-21(22(10-18)31-4)28-11-16(2)24-14-28/h5-12,14H,13H2,1-4H3,(H,25,30). The number of hydrogen-bond acceptors (Lipinski definition) is 5. The van der Waals surface area contributed by atoms with Crippen molar-refractivity contribution in [1.82, 2.24) is 24.5 Å². The molecule has 158 valence electrons. The van der Waals surface area contributed by atoms with E-state index in [0.29, 0.717) is 11.4 Å². The van der Waals surface area contributed by atoms with E-state index in [9.17, 15) is 4.79 Å². The van der Waals surface area contributed by atoms with Crippen LogP contribution in [0.5, 0.6) is 5.75 Å². The zero-order valence-electron chi connectivity index (χ0n) is 18.0. The molecule has 2 aromatic heterocycles. The van der Waals surface area contributed by atoms with Gasteiger partial charge < -0.3 is 14.6 Å². The Hall–Kier alpha value is -3.94. The summed E-state index contributed by atoms with van der Waals surface area (Å²) < 4.78 is 8.99. The molecule has 2 aromatic carbocycles. The van der Waals surface area contributed by atoms with E-state index in [4.69, 9.17) is 4.74 Å². The predicted molar refractivity (Wildman–Crippen MR) is 118 cm³/mol. The van der Waals surface area contributed by atoms with E-state index in [0.717, 1.165) is 33.8 Å². The van der Waals surface area contributed by atoms with E-state index < -0.39 is 0 Å². The van der Waals surface area contributed by atoms with Crippen LogP contribution < -0.4 is 10.1 Å². The number of amides is 1. The molecule has 8 nitrogen and oxygen atoms in total. The highest BCUT2D eigenvalue weighted by Gasteiger charge is 2.13. The monoisotopic (exact) mass is 416 g/mol. The molecule has 8 heteroatoms. The Balaban J connectivity index is 1.50. The first-order valence-electron chi connectivity index (χ1n) is 9.90. The largest absolute Gasteiger partial charge is 0.495 e. The summed E-state index contributed by atoms with van der Waals surface area (Å²) in [4.78, 5) is 16.7. The number of nitrogens with one attached hydrogen (secondary N) is 1. The molecule has 0 spiro atoms. The summed E-state index contributed by atoms with van der Waals surface area (Å²) >= 11 is 0. The molecule has 0 aliphatic carbocycles. The van der Waals surface area contributed by atoms with Gasteiger partial charge in [0.25, 0.3) is 0 Å². The van der Waals surface area contributed by atoms with Gasteiger partial charge in [-0.3, -0.25) is 4.79 Å². The Labute approximate surface area is 180 Å². The van der Waals surface area contributed by atoms with Gasteiger partial charge in [-0.2, -0.15) is 0 Å². The van der Waals surface area contributed by atoms with E-state index in [2.05, 4.69) is 20.6 Å². The van der Waals surface area contributed by atoms with Gasteiger partial charge in [0.05, 0.1) is 31.0 Å². The van der Waals surface area contributed by atoms with Gasteiger partial charge in [-0.25, -0.2) is 9.67 Å². The second-order valence-corrected chi connectivity index (χ2v) is 7.41. The predicted octanol–water partition coefficient (Wildman–Crippen LogP) is 3.70. The smallest absolute Gasteiger partial charge is 0.246 e. The molecule has 0 bridgehead atoms. The second-order valence-electron chi connectivity index (χ2n) is 7.41. The Bertz CT molecular complexity index is 1240. The molecule has 31 heavy (non-hydrogen) atoms. The van der Waals surface area contributed by atoms with Crippen LogP contribution in [0.4, 0.5) is 5.69 Å². The summed E-state index contributed by atoms with van der Waals surface area (Å²) in [7, 11) is 1.63. The van der Waals surface area contributed by atoms with Crippen molar-refractivity contribution in [2.75, 3.05) is 12.4 Å². The van der Waals surface area contributed by atoms with Crippen LogP contribution in [-0.2, 0) is 11.3 Å². The molecule has 0 fully saturated rings. The number of aromatic nitrogens is 5. The third-order valence-corrected chi connectivity index (χ3v) is 5.19. The summed E-state index contributed by atoms with van der Waals surface area (Å²) in [5.74, 6) is 0.533. The SMILES string of the molecule is COc1cc(-c2cn(CC(=O)Nc3cccc(C)c3C)nn2)ccc1-n1cnc(C)c1. The fourth-order valence-electron chi connectivity index (χ4n) is 3.33. The van der Waals surface area contributed by atoms with Crippen LogP contribution in [0.1, 0.15) is 16.8 Å². The highest BCUT2D eigenvalue weighted by Crippen LogP contribution is 2.29. The maximum atomic E-state index is 12.5. The maximum Gasteiger partial charge on any atom is 0.246 e. The van der Waals surface area contributed by atoms with Crippen molar-refractivity contribution in [3.05, 3.63) is 71.9 Å². The lowest BCUT2D eigenvalue weighted by atomic mass is 10.1. The fraction of sp³-hybridized carbons (Fsp3) is 0.217. The number of carbonyl (C=O) groups is 1. The normalized spacial score (nSPS) is 10.8. The average molecular weight is 416 g/mol. The number of benzene rings is 2. The Morgan fingerprint density at radius 3 is 2.71 bits per heavy atom. The van der Waals surface area contributed by atoms with Crippen LogP contribution >= 0.6 is 0 Å². The lowest BCUT2D eigenvalue weighted by Gasteiger charge is -2.10. The van der Waals surface area contributed by atoms with Gasteiger partial charge in [-0.15, -0.1) is 5.10 Å². The zero-order chi connectivity index (χ0) is 22.0. The Morgan fingerprint density at radius 2 is 1.97 bits per heavy atom. The van der Waals surface area contributed by atoms with Crippen molar-refractivity contribution < 1.29 is 9.53 Å². The first-order valence-corrected chi connectivity index (χ1v) is 9.90. The van der Waals surface area contributed by atoms with Crippen molar-refractivity contribution in [3.8, 4) is 22.7 Å². The third kappa shape index (κ3) is 4.32. The van der Waals surface area contributed by atoms with Gasteiger partial charge in [-0.05, 0) is 50.1 Å². The number of aryl methyl sites for hydroxylation is 2. The number of hydrogen-bond donors (Lipinski definition) is 1. The number of nitrogens with zero attached hydrogens (tertiary/aromatic N) is 5. The highest BCUT2D eigenvalue weighted by molar-refractivity contribution is 5.91. The third-order valence-electron chi connectivity index (χ3n) is 5.19. The van der Waals surface area contributed by atoms with Gasteiger partial charge in [0.15, 0.2) is 0 Å². The van der Waals surface area contributed by atoms with Gasteiger partial charge in [-0.1, -0.05) is 23.4 Å². The lowest BCUT2D eigenvalue weighted by molar-refractivity contribution is -0.116. The van der Waals surface area contributed by atoms with Crippen LogP contribution in [0, 0.1) is 20.8 Å². The van der Waals surface area contributed by atoms with Crippen LogP contribution in [0.3, 0.4) is 0 Å². The molecule has 0 aliphatic rings. The number of carbonyl (C=O) groups excluding carboxylic acids is 1. The number of imidazole rings is 1. The van der Waals surface area contributed by atoms with Gasteiger partial charge in [0.1, 0.15) is 18.0 Å². The fourth-order valence-corrected chi connectivity index (χ4v) is 3.33. The van der Waals surface area contributed by atoms with E-state index in [1.165, 1.54) is 4.68 Å². The molecule has 1 amide bonds. The van der Waals surface area contributed by atoms with Crippen LogP contribution in [0.25, 0.3) is 16.9 Å². The van der Waals surface area contributed by atoms with Crippen molar-refractivity contribution in [1.29, 1.82) is 0 Å². The van der Waals surface area contributed by atoms with Gasteiger partial charge in [0, 0.05) is 17.4 Å². The first kappa shape index (κ1) is 20.3. The number of anilines is 1. The minimum Gasteiger partial charge on any atom is -0.495 e. The minimum atomic E-state index is -0.159. The summed E-state index contributed by atoms with van der Waals surface area (Å²) in [5.41, 5.74) is 6.30. The highest BCUT2D eigenvalue weighted by atomic mass is 16.5. The molecular formula is C23H24N6O2. The minimum absolute atomic E-state index is 0.0733. The van der Waals surface area contributed by atoms with Gasteiger partial charge >= 0.3 is 0 Å². The molecule has 0 aliphatic heterocycles. The molecule has 2 heterocycles. The van der Waals surface area contributed by atoms with Crippen molar-refractivity contribution in [3.63, 3.8) is 0 Å². The molecular weight excluding hydrogens is 392 g/mol.